The van der Waals surface area contributed by atoms with Gasteiger partial charge in [-0.25, -0.2) is 0 Å². The summed E-state index contributed by atoms with van der Waals surface area (Å²) in [5.74, 6) is 0. The molecule has 0 fully saturated rings. The van der Waals surface area contributed by atoms with E-state index < -0.39 is 0 Å². The molecule has 0 aromatic heterocycles. The van der Waals surface area contributed by atoms with Crippen molar-refractivity contribution < 1.29 is 0 Å². The van der Waals surface area contributed by atoms with Crippen LogP contribution in [0.2, 0.25) is 0 Å². The van der Waals surface area contributed by atoms with Gasteiger partial charge in [0.25, 0.3) is 0 Å². The fraction of sp³-hybridized carbons (Fsp3) is 0.643. The van der Waals surface area contributed by atoms with Gasteiger partial charge in [0.2, 0.25) is 0 Å². The van der Waals surface area contributed by atoms with Crippen molar-refractivity contribution in [3.8, 4) is 0 Å². The number of hydrogen-bond donors (Lipinski definition) is 0. The highest BCUT2D eigenvalue weighted by molar-refractivity contribution is 4.85. The maximum atomic E-state index is 2.40. The van der Waals surface area contributed by atoms with Crippen molar-refractivity contribution in [2.24, 2.45) is 0 Å². The van der Waals surface area contributed by atoms with E-state index in [4.69, 9.17) is 0 Å². The SMILES string of the molecule is CCC=CCC[CH]CCC=CCCC. The van der Waals surface area contributed by atoms with Crippen molar-refractivity contribution in [3.63, 3.8) is 0 Å². The Morgan fingerprint density at radius 3 is 1.79 bits per heavy atom. The third-order valence-electron chi connectivity index (χ3n) is 2.10. The van der Waals surface area contributed by atoms with E-state index in [0.717, 1.165) is 0 Å². The van der Waals surface area contributed by atoms with Crippen LogP contribution in [0, 0.1) is 6.42 Å². The van der Waals surface area contributed by atoms with Crippen LogP contribution in [0.3, 0.4) is 0 Å². The van der Waals surface area contributed by atoms with Gasteiger partial charge >= 0.3 is 0 Å². The van der Waals surface area contributed by atoms with Gasteiger partial charge in [0.15, 0.2) is 0 Å². The van der Waals surface area contributed by atoms with Crippen molar-refractivity contribution >= 4 is 0 Å². The fourth-order valence-corrected chi connectivity index (χ4v) is 1.26. The van der Waals surface area contributed by atoms with Crippen molar-refractivity contribution in [2.75, 3.05) is 0 Å². The third kappa shape index (κ3) is 11.5. The lowest BCUT2D eigenvalue weighted by atomic mass is 10.1. The zero-order valence-electron chi connectivity index (χ0n) is 9.84. The third-order valence-corrected chi connectivity index (χ3v) is 2.10. The molecule has 0 aliphatic carbocycles. The summed E-state index contributed by atoms with van der Waals surface area (Å²) < 4.78 is 0. The smallest absolute Gasteiger partial charge is 0.0348 e. The number of allylic oxidation sites excluding steroid dienone is 4. The predicted octanol–water partition coefficient (Wildman–Crippen LogP) is 5.07. The van der Waals surface area contributed by atoms with E-state index in [1.54, 1.807) is 0 Å². The summed E-state index contributed by atoms with van der Waals surface area (Å²) in [6.07, 6.45) is 20.1. The van der Waals surface area contributed by atoms with Gasteiger partial charge in [-0.1, -0.05) is 44.6 Å². The Hall–Kier alpha value is -0.520. The Bertz CT molecular complexity index is 142. The normalized spacial score (nSPS) is 11.9. The van der Waals surface area contributed by atoms with E-state index >= 15 is 0 Å². The molecular formula is C14H25. The summed E-state index contributed by atoms with van der Waals surface area (Å²) in [7, 11) is 0. The van der Waals surface area contributed by atoms with Crippen LogP contribution in [0.1, 0.15) is 58.8 Å². The number of hydrogen-bond acceptors (Lipinski definition) is 0. The minimum absolute atomic E-state index is 1.17. The standard InChI is InChI=1S/C14H25/c1-3-5-7-9-11-13-14-12-10-8-6-4-2/h5,7-8,10,13H,3-4,6,9,11-12,14H2,1-2H3. The largest absolute Gasteiger partial charge is 0.0888 e. The highest BCUT2D eigenvalue weighted by Gasteiger charge is 1.85. The van der Waals surface area contributed by atoms with Crippen LogP contribution in [0.4, 0.5) is 0 Å². The number of unbranched alkanes of at least 4 members (excludes halogenated alkanes) is 5. The van der Waals surface area contributed by atoms with Gasteiger partial charge in [-0.3, -0.25) is 0 Å². The topological polar surface area (TPSA) is 0 Å². The molecule has 0 saturated heterocycles. The molecule has 14 heavy (non-hydrogen) atoms. The summed E-state index contributed by atoms with van der Waals surface area (Å²) in [5, 5.41) is 0. The Morgan fingerprint density at radius 2 is 1.21 bits per heavy atom. The second-order valence-corrected chi connectivity index (χ2v) is 3.58. The minimum Gasteiger partial charge on any atom is -0.0888 e. The van der Waals surface area contributed by atoms with Crippen LogP contribution in [0.5, 0.6) is 0 Å². The Kier molecular flexibility index (Phi) is 12.0. The molecule has 0 nitrogen and oxygen atoms in total. The number of rotatable bonds is 9. The molecule has 0 N–H and O–H groups in total. The summed E-state index contributed by atoms with van der Waals surface area (Å²) >= 11 is 0. The lowest BCUT2D eigenvalue weighted by Gasteiger charge is -1.94. The molecule has 0 saturated carbocycles. The van der Waals surface area contributed by atoms with Gasteiger partial charge < -0.3 is 0 Å². The molecule has 1 radical (unpaired) electrons. The predicted molar refractivity (Wildman–Crippen MR) is 66.2 cm³/mol. The quantitative estimate of drug-likeness (QED) is 0.354. The molecule has 0 aliphatic rings. The zero-order chi connectivity index (χ0) is 10.5. The van der Waals surface area contributed by atoms with Gasteiger partial charge in [-0.15, -0.1) is 0 Å². The molecule has 0 amide bonds. The first-order valence-corrected chi connectivity index (χ1v) is 6.03. The average Bonchev–Trinajstić information content (AvgIpc) is 2.21. The second-order valence-electron chi connectivity index (χ2n) is 3.58. The van der Waals surface area contributed by atoms with Gasteiger partial charge in [0.05, 0.1) is 0 Å². The molecule has 0 unspecified atom stereocenters. The molecule has 81 valence electrons. The molecule has 0 rings (SSSR count). The fourth-order valence-electron chi connectivity index (χ4n) is 1.26. The van der Waals surface area contributed by atoms with Crippen LogP contribution >= 0.6 is 0 Å². The van der Waals surface area contributed by atoms with E-state index in [9.17, 15) is 0 Å². The second kappa shape index (κ2) is 12.5. The van der Waals surface area contributed by atoms with Gasteiger partial charge in [-0.05, 0) is 44.9 Å². The van der Waals surface area contributed by atoms with Gasteiger partial charge in [-0.2, -0.15) is 0 Å². The summed E-state index contributed by atoms with van der Waals surface area (Å²) in [5.41, 5.74) is 0. The van der Waals surface area contributed by atoms with Crippen molar-refractivity contribution in [1.29, 1.82) is 0 Å². The maximum absolute atomic E-state index is 2.40. The molecular weight excluding hydrogens is 168 g/mol. The lowest BCUT2D eigenvalue weighted by Crippen LogP contribution is -1.76. The molecule has 0 spiro atoms. The molecule has 0 aromatic carbocycles. The Balaban J connectivity index is 3.02. The summed E-state index contributed by atoms with van der Waals surface area (Å²) in [6, 6.07) is 0. The Morgan fingerprint density at radius 1 is 0.643 bits per heavy atom. The van der Waals surface area contributed by atoms with Gasteiger partial charge in [0, 0.05) is 0 Å². The van der Waals surface area contributed by atoms with Crippen LogP contribution in [-0.2, 0) is 0 Å². The average molecular weight is 193 g/mol. The molecule has 0 atom stereocenters. The van der Waals surface area contributed by atoms with Gasteiger partial charge in [0.1, 0.15) is 0 Å². The monoisotopic (exact) mass is 193 g/mol. The first-order valence-electron chi connectivity index (χ1n) is 6.03. The summed E-state index contributed by atoms with van der Waals surface area (Å²) in [6.45, 7) is 4.40. The molecule has 0 bridgehead atoms. The Labute approximate surface area is 90.1 Å². The highest BCUT2D eigenvalue weighted by atomic mass is 13.9. The molecule has 0 heteroatoms. The first-order chi connectivity index (χ1) is 6.91. The van der Waals surface area contributed by atoms with E-state index in [2.05, 4.69) is 44.6 Å². The van der Waals surface area contributed by atoms with Crippen molar-refractivity contribution in [1.82, 2.24) is 0 Å². The summed E-state index contributed by atoms with van der Waals surface area (Å²) in [4.78, 5) is 0. The van der Waals surface area contributed by atoms with Crippen LogP contribution in [0.25, 0.3) is 0 Å². The van der Waals surface area contributed by atoms with E-state index in [1.807, 2.05) is 0 Å². The van der Waals surface area contributed by atoms with E-state index in [-0.39, 0.29) is 0 Å². The maximum Gasteiger partial charge on any atom is -0.0348 e. The molecule has 0 aliphatic heterocycles. The highest BCUT2D eigenvalue weighted by Crippen LogP contribution is 2.04. The first kappa shape index (κ1) is 13.5. The zero-order valence-corrected chi connectivity index (χ0v) is 9.84. The van der Waals surface area contributed by atoms with Crippen molar-refractivity contribution in [3.05, 3.63) is 30.7 Å². The van der Waals surface area contributed by atoms with E-state index in [0.29, 0.717) is 0 Å². The van der Waals surface area contributed by atoms with Crippen LogP contribution in [0.15, 0.2) is 24.3 Å². The molecule has 0 aromatic rings. The van der Waals surface area contributed by atoms with Crippen molar-refractivity contribution in [2.45, 2.75) is 58.8 Å². The lowest BCUT2D eigenvalue weighted by molar-refractivity contribution is 0.850. The minimum atomic E-state index is 1.17. The van der Waals surface area contributed by atoms with Crippen LogP contribution < -0.4 is 0 Å². The van der Waals surface area contributed by atoms with Crippen LogP contribution in [-0.4, -0.2) is 0 Å². The van der Waals surface area contributed by atoms with E-state index in [1.165, 1.54) is 44.9 Å². The molecule has 0 heterocycles.